The number of nitrogens with zero attached hydrogens (tertiary/aromatic N) is 3. The molecule has 2 aliphatic rings. The van der Waals surface area contributed by atoms with Crippen molar-refractivity contribution in [2.45, 2.75) is 31.2 Å². The summed E-state index contributed by atoms with van der Waals surface area (Å²) in [5, 5.41) is 1.79. The number of amides is 1. The predicted molar refractivity (Wildman–Crippen MR) is 88.7 cm³/mol. The molecule has 0 bridgehead atoms. The summed E-state index contributed by atoms with van der Waals surface area (Å²) >= 11 is 1.44. The molecule has 0 radical (unpaired) electrons. The molecule has 0 saturated carbocycles. The number of carbonyl (C=O) groups is 1. The summed E-state index contributed by atoms with van der Waals surface area (Å²) in [5.41, 5.74) is 3.09. The summed E-state index contributed by atoms with van der Waals surface area (Å²) in [6.45, 7) is 2.52. The molecule has 4 rings (SSSR count). The van der Waals surface area contributed by atoms with E-state index < -0.39 is 0 Å². The van der Waals surface area contributed by atoms with Crippen LogP contribution < -0.4 is 0 Å². The maximum Gasteiger partial charge on any atom is 0.273 e. The molecule has 0 N–H and O–H groups in total. The Hall–Kier alpha value is -1.83. The third-order valence-electron chi connectivity index (χ3n) is 4.58. The highest BCUT2D eigenvalue weighted by molar-refractivity contribution is 7.07. The fourth-order valence-electron chi connectivity index (χ4n) is 3.31. The highest BCUT2D eigenvalue weighted by Gasteiger charge is 2.49. The van der Waals surface area contributed by atoms with Crippen LogP contribution in [0, 0.1) is 0 Å². The summed E-state index contributed by atoms with van der Waals surface area (Å²) < 4.78 is 12.0. The number of carbonyl (C=O) groups excluding carboxylic acids is 1. The molecule has 2 fully saturated rings. The molecule has 2 aromatic heterocycles. The summed E-state index contributed by atoms with van der Waals surface area (Å²) in [6, 6.07) is 3.93. The second-order valence-electron chi connectivity index (χ2n) is 6.35. The molecule has 1 spiro atoms. The third-order valence-corrected chi connectivity index (χ3v) is 5.17. The molecule has 126 valence electrons. The number of hydrogen-bond acceptors (Lipinski definition) is 6. The first-order valence-electron chi connectivity index (χ1n) is 8.06. The molecule has 2 aromatic rings. The van der Waals surface area contributed by atoms with Gasteiger partial charge in [0, 0.05) is 30.8 Å². The van der Waals surface area contributed by atoms with Crippen LogP contribution in [0.1, 0.15) is 28.9 Å². The predicted octanol–water partition coefficient (Wildman–Crippen LogP) is 2.13. The first kappa shape index (κ1) is 15.7. The second kappa shape index (κ2) is 6.58. The molecule has 4 heterocycles. The first-order chi connectivity index (χ1) is 11.7. The van der Waals surface area contributed by atoms with Crippen molar-refractivity contribution in [1.82, 2.24) is 14.9 Å². The van der Waals surface area contributed by atoms with Gasteiger partial charge in [-0.3, -0.25) is 9.78 Å². The van der Waals surface area contributed by atoms with Gasteiger partial charge in [0.2, 0.25) is 0 Å². The topological polar surface area (TPSA) is 64.6 Å². The summed E-state index contributed by atoms with van der Waals surface area (Å²) in [4.78, 5) is 22.2. The Bertz CT molecular complexity index is 686. The SMILES string of the molecule is O=C(c1cscn1)N1CC2(CC(OCc3ccncc3)CCO2)C1. The van der Waals surface area contributed by atoms with Crippen LogP contribution in [0.3, 0.4) is 0 Å². The molecular formula is C17H19N3O3S. The van der Waals surface area contributed by atoms with Crippen molar-refractivity contribution >= 4 is 17.2 Å². The second-order valence-corrected chi connectivity index (χ2v) is 7.07. The van der Waals surface area contributed by atoms with E-state index in [9.17, 15) is 4.79 Å². The minimum absolute atomic E-state index is 0.00898. The number of aromatic nitrogens is 2. The summed E-state index contributed by atoms with van der Waals surface area (Å²) in [5.74, 6) is -0.00898. The molecule has 1 atom stereocenters. The van der Waals surface area contributed by atoms with Crippen molar-refractivity contribution in [3.05, 3.63) is 46.7 Å². The van der Waals surface area contributed by atoms with E-state index in [0.29, 0.717) is 32.0 Å². The van der Waals surface area contributed by atoms with Gasteiger partial charge < -0.3 is 14.4 Å². The summed E-state index contributed by atoms with van der Waals surface area (Å²) in [7, 11) is 0. The third kappa shape index (κ3) is 3.19. The van der Waals surface area contributed by atoms with E-state index in [-0.39, 0.29) is 17.6 Å². The Balaban J connectivity index is 1.30. The molecule has 6 nitrogen and oxygen atoms in total. The van der Waals surface area contributed by atoms with E-state index >= 15 is 0 Å². The number of rotatable bonds is 4. The monoisotopic (exact) mass is 345 g/mol. The van der Waals surface area contributed by atoms with Crippen molar-refractivity contribution in [2.75, 3.05) is 19.7 Å². The van der Waals surface area contributed by atoms with Crippen LogP contribution in [0.25, 0.3) is 0 Å². The molecule has 0 aliphatic carbocycles. The Labute approximate surface area is 144 Å². The molecule has 1 amide bonds. The van der Waals surface area contributed by atoms with Crippen LogP contribution in [-0.2, 0) is 16.1 Å². The van der Waals surface area contributed by atoms with E-state index in [1.165, 1.54) is 11.3 Å². The van der Waals surface area contributed by atoms with Crippen molar-refractivity contribution in [1.29, 1.82) is 0 Å². The van der Waals surface area contributed by atoms with Gasteiger partial charge in [-0.15, -0.1) is 11.3 Å². The van der Waals surface area contributed by atoms with E-state index in [2.05, 4.69) is 9.97 Å². The van der Waals surface area contributed by atoms with Gasteiger partial charge in [-0.05, 0) is 24.1 Å². The quantitative estimate of drug-likeness (QED) is 0.849. The zero-order valence-corrected chi connectivity index (χ0v) is 14.1. The van der Waals surface area contributed by atoms with Gasteiger partial charge in [-0.2, -0.15) is 0 Å². The fraction of sp³-hybridized carbons (Fsp3) is 0.471. The maximum absolute atomic E-state index is 12.3. The van der Waals surface area contributed by atoms with Crippen LogP contribution >= 0.6 is 11.3 Å². The number of hydrogen-bond donors (Lipinski definition) is 0. The van der Waals surface area contributed by atoms with Crippen LogP contribution in [0.15, 0.2) is 35.4 Å². The van der Waals surface area contributed by atoms with Crippen molar-refractivity contribution in [2.24, 2.45) is 0 Å². The van der Waals surface area contributed by atoms with Crippen molar-refractivity contribution in [3.63, 3.8) is 0 Å². The van der Waals surface area contributed by atoms with Crippen molar-refractivity contribution < 1.29 is 14.3 Å². The lowest BCUT2D eigenvalue weighted by Gasteiger charge is -2.52. The van der Waals surface area contributed by atoms with Gasteiger partial charge in [0.1, 0.15) is 11.3 Å². The van der Waals surface area contributed by atoms with E-state index in [4.69, 9.17) is 9.47 Å². The zero-order valence-electron chi connectivity index (χ0n) is 13.3. The van der Waals surface area contributed by atoms with Crippen LogP contribution in [-0.4, -0.2) is 52.2 Å². The van der Waals surface area contributed by atoms with E-state index in [1.807, 2.05) is 12.1 Å². The molecule has 0 aromatic carbocycles. The average Bonchev–Trinajstić information content (AvgIpc) is 3.13. The van der Waals surface area contributed by atoms with Crippen LogP contribution in [0.5, 0.6) is 0 Å². The number of pyridine rings is 1. The van der Waals surface area contributed by atoms with Gasteiger partial charge in [0.05, 0.1) is 31.3 Å². The highest BCUT2D eigenvalue weighted by Crippen LogP contribution is 2.36. The largest absolute Gasteiger partial charge is 0.373 e. The Morgan fingerprint density at radius 2 is 2.25 bits per heavy atom. The zero-order chi connectivity index (χ0) is 16.4. The highest BCUT2D eigenvalue weighted by atomic mass is 32.1. The number of ether oxygens (including phenoxy) is 2. The minimum Gasteiger partial charge on any atom is -0.373 e. The Morgan fingerprint density at radius 1 is 1.42 bits per heavy atom. The van der Waals surface area contributed by atoms with Gasteiger partial charge in [0.15, 0.2) is 0 Å². The van der Waals surface area contributed by atoms with Gasteiger partial charge in [0.25, 0.3) is 5.91 Å². The molecule has 24 heavy (non-hydrogen) atoms. The molecule has 7 heteroatoms. The van der Waals surface area contributed by atoms with E-state index in [0.717, 1.165) is 18.4 Å². The molecule has 2 saturated heterocycles. The lowest BCUT2D eigenvalue weighted by molar-refractivity contribution is -0.188. The fourth-order valence-corrected chi connectivity index (χ4v) is 3.84. The molecule has 1 unspecified atom stereocenters. The first-order valence-corrected chi connectivity index (χ1v) is 9.00. The van der Waals surface area contributed by atoms with Gasteiger partial charge in [-0.25, -0.2) is 4.98 Å². The summed E-state index contributed by atoms with van der Waals surface area (Å²) in [6.07, 6.45) is 5.45. The molecule has 2 aliphatic heterocycles. The minimum atomic E-state index is -0.243. The smallest absolute Gasteiger partial charge is 0.273 e. The number of thiazole rings is 1. The Morgan fingerprint density at radius 3 is 3.00 bits per heavy atom. The van der Waals surface area contributed by atoms with E-state index in [1.54, 1.807) is 28.2 Å². The van der Waals surface area contributed by atoms with Crippen LogP contribution in [0.2, 0.25) is 0 Å². The normalized spacial score (nSPS) is 22.3. The standard InChI is InChI=1S/C17H19N3O3S/c21-16(15-9-24-12-19-15)20-10-17(11-20)7-14(3-6-23-17)22-8-13-1-4-18-5-2-13/h1-2,4-5,9,12,14H,3,6-8,10-11H2. The Kier molecular flexibility index (Phi) is 4.30. The maximum atomic E-state index is 12.3. The van der Waals surface area contributed by atoms with Crippen molar-refractivity contribution in [3.8, 4) is 0 Å². The van der Waals surface area contributed by atoms with Crippen LogP contribution in [0.4, 0.5) is 0 Å². The number of likely N-dealkylation sites (tertiary alicyclic amines) is 1. The average molecular weight is 345 g/mol. The van der Waals surface area contributed by atoms with Gasteiger partial charge in [-0.1, -0.05) is 0 Å². The van der Waals surface area contributed by atoms with Gasteiger partial charge >= 0.3 is 0 Å². The lowest BCUT2D eigenvalue weighted by atomic mass is 9.84. The lowest BCUT2D eigenvalue weighted by Crippen LogP contribution is -2.67. The molecular weight excluding hydrogens is 326 g/mol.